The Balaban J connectivity index is 1.62. The maximum atomic E-state index is 14.3. The second-order valence-corrected chi connectivity index (χ2v) is 28.0. The van der Waals surface area contributed by atoms with Crippen LogP contribution < -0.4 is 0 Å². The molecule has 3 bridgehead atoms. The van der Waals surface area contributed by atoms with Crippen LogP contribution in [-0.4, -0.2) is 114 Å². The smallest absolute Gasteiger partial charge is 0.311 e. The second-order valence-electron chi connectivity index (χ2n) is 19.1. The molecule has 11 nitrogen and oxygen atoms in total. The van der Waals surface area contributed by atoms with Gasteiger partial charge >= 0.3 is 5.97 Å². The number of rotatable bonds is 12. The summed E-state index contributed by atoms with van der Waals surface area (Å²) in [5, 5.41) is 4.32. The van der Waals surface area contributed by atoms with Gasteiger partial charge in [0.15, 0.2) is 28.7 Å². The standard InChI is InChI=1S/C42H70N2O9Si2/c1-16-34-40(6)24-32(26-46-43-25-31-20-18-17-19-21-31)42(52-40)27(2)23-41(7,53-42)37(29(4)35(50-54(10,11)12)30(5)38(45)48-34)49-39-36(51-55(13,14)15)33(44(8)9)22-28(3)47-39/h17-21,24-25,27-30,33-37,39H,16,22-23,26H2,1-15H3/t27-,28-,29+,30-,33+,34-,35+,36-,37-,39+,40?,41-,42?/m1/s1. The number of hydrogen-bond acceptors (Lipinski definition) is 11. The van der Waals surface area contributed by atoms with Gasteiger partial charge in [0.25, 0.3) is 0 Å². The van der Waals surface area contributed by atoms with Crippen molar-refractivity contribution in [3.05, 3.63) is 47.5 Å². The molecule has 0 aliphatic carbocycles. The minimum Gasteiger partial charge on any atom is -0.459 e. The molecule has 0 N–H and O–H groups in total. The minimum absolute atomic E-state index is 0.0699. The summed E-state index contributed by atoms with van der Waals surface area (Å²) in [4.78, 5) is 22.6. The summed E-state index contributed by atoms with van der Waals surface area (Å²) in [6.07, 6.45) is 2.86. The number of benzene rings is 1. The SMILES string of the molecule is CC[C@H]1OC(=O)[C@H](C)[C@@H](O[Si](C)(C)C)[C@H](C)[C@@H](O[C@@H]2O[C@H](C)C[C@H](N(C)C)[C@H]2O[Si](C)(C)C)[C@@]2(C)C[C@@H](C)C3(OC1(C)C=C3CON=Cc1ccccc1)O2. The van der Waals surface area contributed by atoms with Crippen LogP contribution in [0, 0.1) is 17.8 Å². The van der Waals surface area contributed by atoms with Gasteiger partial charge in [0.1, 0.15) is 24.4 Å². The summed E-state index contributed by atoms with van der Waals surface area (Å²) in [7, 11) is -0.0894. The highest BCUT2D eigenvalue weighted by Gasteiger charge is 2.66. The molecule has 0 aromatic heterocycles. The minimum atomic E-state index is -2.21. The zero-order chi connectivity index (χ0) is 40.7. The monoisotopic (exact) mass is 802 g/mol. The van der Waals surface area contributed by atoms with Crippen molar-refractivity contribution in [3.8, 4) is 0 Å². The molecule has 55 heavy (non-hydrogen) atoms. The molecule has 5 rings (SSSR count). The van der Waals surface area contributed by atoms with Crippen LogP contribution in [0.3, 0.4) is 0 Å². The number of carbonyl (C=O) groups is 1. The number of esters is 1. The average Bonchev–Trinajstić information content (AvgIpc) is 3.52. The van der Waals surface area contributed by atoms with Gasteiger partial charge in [0.2, 0.25) is 0 Å². The van der Waals surface area contributed by atoms with E-state index in [0.29, 0.717) is 12.8 Å². The van der Waals surface area contributed by atoms with Gasteiger partial charge in [-0.3, -0.25) is 4.79 Å². The first kappa shape index (κ1) is 44.2. The van der Waals surface area contributed by atoms with Crippen molar-refractivity contribution in [3.63, 3.8) is 0 Å². The Labute approximate surface area is 333 Å². The predicted octanol–water partition coefficient (Wildman–Crippen LogP) is 7.76. The van der Waals surface area contributed by atoms with Gasteiger partial charge in [-0.15, -0.1) is 0 Å². The van der Waals surface area contributed by atoms with E-state index in [2.05, 4.69) is 91.1 Å². The van der Waals surface area contributed by atoms with Gasteiger partial charge in [-0.25, -0.2) is 0 Å². The fraction of sp³-hybridized carbons (Fsp3) is 0.762. The topological polar surface area (TPSA) is 107 Å². The Morgan fingerprint density at radius 2 is 1.58 bits per heavy atom. The third-order valence-electron chi connectivity index (χ3n) is 11.6. The van der Waals surface area contributed by atoms with Crippen molar-refractivity contribution in [2.45, 2.75) is 167 Å². The van der Waals surface area contributed by atoms with Crippen LogP contribution in [-0.2, 0) is 42.2 Å². The van der Waals surface area contributed by atoms with E-state index < -0.39 is 64.1 Å². The van der Waals surface area contributed by atoms with Crippen LogP contribution >= 0.6 is 0 Å². The lowest BCUT2D eigenvalue weighted by atomic mass is 9.78. The van der Waals surface area contributed by atoms with Crippen molar-refractivity contribution in [2.75, 3.05) is 20.7 Å². The van der Waals surface area contributed by atoms with Gasteiger partial charge in [0, 0.05) is 23.5 Å². The molecule has 1 aromatic carbocycles. The Bertz CT molecular complexity index is 1530. The number of ether oxygens (including phenoxy) is 5. The molecule has 3 fully saturated rings. The molecule has 4 heterocycles. The number of hydrogen-bond donors (Lipinski definition) is 0. The lowest BCUT2D eigenvalue weighted by Crippen LogP contribution is -2.62. The predicted molar refractivity (Wildman–Crippen MR) is 220 cm³/mol. The van der Waals surface area contributed by atoms with Crippen molar-refractivity contribution in [1.29, 1.82) is 0 Å². The fourth-order valence-electron chi connectivity index (χ4n) is 9.20. The quantitative estimate of drug-likeness (QED) is 0.0685. The summed E-state index contributed by atoms with van der Waals surface area (Å²) >= 11 is 0. The van der Waals surface area contributed by atoms with Gasteiger partial charge in [0.05, 0.1) is 36.0 Å². The van der Waals surface area contributed by atoms with E-state index >= 15 is 0 Å². The van der Waals surface area contributed by atoms with Crippen LogP contribution in [0.4, 0.5) is 0 Å². The molecular formula is C42H70N2O9Si2. The number of cyclic esters (lactones) is 1. The number of oxime groups is 1. The molecule has 310 valence electrons. The largest absolute Gasteiger partial charge is 0.459 e. The molecule has 2 unspecified atom stereocenters. The van der Waals surface area contributed by atoms with Crippen LogP contribution in [0.5, 0.6) is 0 Å². The molecule has 4 aliphatic heterocycles. The zero-order valence-corrected chi connectivity index (χ0v) is 38.2. The maximum absolute atomic E-state index is 14.3. The van der Waals surface area contributed by atoms with Crippen LogP contribution in [0.25, 0.3) is 0 Å². The number of likely N-dealkylation sites (N-methyl/N-ethyl adjacent to an activating group) is 1. The van der Waals surface area contributed by atoms with E-state index in [-0.39, 0.29) is 42.7 Å². The summed E-state index contributed by atoms with van der Waals surface area (Å²) in [6.45, 7) is 27.6. The van der Waals surface area contributed by atoms with E-state index in [0.717, 1.165) is 17.6 Å². The maximum Gasteiger partial charge on any atom is 0.311 e. The summed E-state index contributed by atoms with van der Waals surface area (Å²) in [5.74, 6) is -2.60. The highest BCUT2D eigenvalue weighted by Crippen LogP contribution is 2.57. The molecular weight excluding hydrogens is 733 g/mol. The van der Waals surface area contributed by atoms with E-state index in [9.17, 15) is 4.79 Å². The average molecular weight is 803 g/mol. The lowest BCUT2D eigenvalue weighted by molar-refractivity contribution is -0.326. The Morgan fingerprint density at radius 1 is 0.945 bits per heavy atom. The molecule has 13 heteroatoms. The van der Waals surface area contributed by atoms with Crippen LogP contribution in [0.15, 0.2) is 47.1 Å². The van der Waals surface area contributed by atoms with Gasteiger partial charge < -0.3 is 42.3 Å². The van der Waals surface area contributed by atoms with Crippen molar-refractivity contribution in [2.24, 2.45) is 22.9 Å². The first-order valence-electron chi connectivity index (χ1n) is 20.4. The van der Waals surface area contributed by atoms with Crippen molar-refractivity contribution >= 4 is 28.8 Å². The van der Waals surface area contributed by atoms with Crippen molar-refractivity contribution < 1.29 is 42.2 Å². The van der Waals surface area contributed by atoms with Gasteiger partial charge in [-0.1, -0.05) is 56.3 Å². The number of nitrogens with zero attached hydrogens (tertiary/aromatic N) is 2. The van der Waals surface area contributed by atoms with E-state index in [1.54, 1.807) is 6.21 Å². The molecule has 0 radical (unpaired) electrons. The van der Waals surface area contributed by atoms with E-state index in [1.807, 2.05) is 57.2 Å². The van der Waals surface area contributed by atoms with Crippen LogP contribution in [0.1, 0.15) is 73.3 Å². The van der Waals surface area contributed by atoms with Crippen LogP contribution in [0.2, 0.25) is 39.3 Å². The second kappa shape index (κ2) is 16.7. The Morgan fingerprint density at radius 3 is 2.18 bits per heavy atom. The Hall–Kier alpha value is -1.95. The summed E-state index contributed by atoms with van der Waals surface area (Å²) in [5.41, 5.74) is -0.185. The summed E-state index contributed by atoms with van der Waals surface area (Å²) < 4.78 is 49.1. The first-order chi connectivity index (χ1) is 25.5. The number of fused-ring (bicyclic) bond motifs is 2. The van der Waals surface area contributed by atoms with E-state index in [4.69, 9.17) is 37.4 Å². The fourth-order valence-corrected chi connectivity index (χ4v) is 11.5. The first-order valence-corrected chi connectivity index (χ1v) is 27.2. The van der Waals surface area contributed by atoms with Gasteiger partial charge in [-0.2, -0.15) is 0 Å². The van der Waals surface area contributed by atoms with Crippen molar-refractivity contribution in [1.82, 2.24) is 4.90 Å². The van der Waals surface area contributed by atoms with Gasteiger partial charge in [-0.05, 0) is 112 Å². The number of carbonyl (C=O) groups excluding carboxylic acids is 1. The van der Waals surface area contributed by atoms with E-state index in [1.165, 1.54) is 0 Å². The molecule has 0 saturated carbocycles. The molecule has 4 aliphatic rings. The zero-order valence-electron chi connectivity index (χ0n) is 36.2. The lowest BCUT2D eigenvalue weighted by Gasteiger charge is -2.50. The molecule has 3 saturated heterocycles. The molecule has 1 spiro atoms. The highest BCUT2D eigenvalue weighted by molar-refractivity contribution is 6.70. The third-order valence-corrected chi connectivity index (χ3v) is 13.5. The summed E-state index contributed by atoms with van der Waals surface area (Å²) in [6, 6.07) is 9.89. The normalized spacial score (nSPS) is 40.1. The molecule has 13 atom stereocenters. The third kappa shape index (κ3) is 9.85. The molecule has 1 aromatic rings. The highest BCUT2D eigenvalue weighted by atomic mass is 28.4. The Kier molecular flexibility index (Phi) is 13.4. The molecule has 0 amide bonds.